The summed E-state index contributed by atoms with van der Waals surface area (Å²) >= 11 is 2.03. The second-order valence-electron chi connectivity index (χ2n) is 3.63. The highest BCUT2D eigenvalue weighted by molar-refractivity contribution is 8.00. The third-order valence-electron chi connectivity index (χ3n) is 2.38. The lowest BCUT2D eigenvalue weighted by molar-refractivity contribution is 0.360. The maximum absolute atomic E-state index is 2.34. The Morgan fingerprint density at radius 3 is 2.42 bits per heavy atom. The maximum atomic E-state index is 2.34. The van der Waals surface area contributed by atoms with Gasteiger partial charge in [-0.2, -0.15) is 0 Å². The van der Waals surface area contributed by atoms with Gasteiger partial charge in [0.2, 0.25) is 0 Å². The molecule has 64 valence electrons. The van der Waals surface area contributed by atoms with E-state index in [1.165, 1.54) is 17.7 Å². The van der Waals surface area contributed by atoms with Gasteiger partial charge in [-0.15, -0.1) is 11.8 Å². The van der Waals surface area contributed by atoms with Crippen LogP contribution in [0.25, 0.3) is 0 Å². The lowest BCUT2D eigenvalue weighted by Gasteiger charge is -2.31. The van der Waals surface area contributed by atoms with Crippen molar-refractivity contribution in [2.75, 3.05) is 0 Å². The Hall–Kier alpha value is -0.430. The van der Waals surface area contributed by atoms with Crippen LogP contribution < -0.4 is 0 Å². The van der Waals surface area contributed by atoms with E-state index in [-0.39, 0.29) is 0 Å². The van der Waals surface area contributed by atoms with Gasteiger partial charge in [0.25, 0.3) is 0 Å². The standard InChI is InChI=1S/C11H14S/c1-9-7-11(8-9)12-10-5-3-2-4-6-10/h2-6,9,11H,7-8H2,1H3. The Morgan fingerprint density at radius 2 is 1.83 bits per heavy atom. The van der Waals surface area contributed by atoms with E-state index in [0.29, 0.717) is 0 Å². The maximum Gasteiger partial charge on any atom is 0.00994 e. The minimum Gasteiger partial charge on any atom is -0.123 e. The fraction of sp³-hybridized carbons (Fsp3) is 0.455. The van der Waals surface area contributed by atoms with Crippen molar-refractivity contribution in [3.05, 3.63) is 30.3 Å². The molecular formula is C11H14S. The Labute approximate surface area is 78.4 Å². The molecule has 12 heavy (non-hydrogen) atoms. The molecule has 0 radical (unpaired) electrons. The van der Waals surface area contributed by atoms with Gasteiger partial charge in [-0.25, -0.2) is 0 Å². The van der Waals surface area contributed by atoms with Crippen LogP contribution in [0.2, 0.25) is 0 Å². The van der Waals surface area contributed by atoms with Gasteiger partial charge in [-0.05, 0) is 30.9 Å². The highest BCUT2D eigenvalue weighted by atomic mass is 32.2. The molecule has 0 amide bonds. The van der Waals surface area contributed by atoms with Gasteiger partial charge in [0.05, 0.1) is 0 Å². The van der Waals surface area contributed by atoms with Crippen LogP contribution >= 0.6 is 11.8 Å². The first-order valence-corrected chi connectivity index (χ1v) is 5.44. The normalized spacial score (nSPS) is 28.1. The quantitative estimate of drug-likeness (QED) is 0.667. The van der Waals surface area contributed by atoms with Crippen LogP contribution in [0.4, 0.5) is 0 Å². The van der Waals surface area contributed by atoms with Crippen molar-refractivity contribution in [1.29, 1.82) is 0 Å². The Balaban J connectivity index is 1.88. The largest absolute Gasteiger partial charge is 0.123 e. The summed E-state index contributed by atoms with van der Waals surface area (Å²) in [7, 11) is 0. The Bertz CT molecular complexity index is 236. The zero-order valence-corrected chi connectivity index (χ0v) is 8.18. The summed E-state index contributed by atoms with van der Waals surface area (Å²) in [6.07, 6.45) is 2.80. The number of thioether (sulfide) groups is 1. The van der Waals surface area contributed by atoms with Crippen molar-refractivity contribution in [3.8, 4) is 0 Å². The van der Waals surface area contributed by atoms with Crippen molar-refractivity contribution in [1.82, 2.24) is 0 Å². The van der Waals surface area contributed by atoms with E-state index in [9.17, 15) is 0 Å². The lowest BCUT2D eigenvalue weighted by atomic mass is 9.87. The average molecular weight is 178 g/mol. The van der Waals surface area contributed by atoms with E-state index in [0.717, 1.165) is 11.2 Å². The van der Waals surface area contributed by atoms with Gasteiger partial charge in [0.15, 0.2) is 0 Å². The molecular weight excluding hydrogens is 164 g/mol. The number of hydrogen-bond donors (Lipinski definition) is 0. The summed E-state index contributed by atoms with van der Waals surface area (Å²) in [5.74, 6) is 0.964. The summed E-state index contributed by atoms with van der Waals surface area (Å²) in [6.45, 7) is 2.34. The van der Waals surface area contributed by atoms with E-state index in [2.05, 4.69) is 37.3 Å². The molecule has 0 spiro atoms. The predicted molar refractivity (Wildman–Crippen MR) is 54.5 cm³/mol. The van der Waals surface area contributed by atoms with Crippen LogP contribution in [-0.2, 0) is 0 Å². The van der Waals surface area contributed by atoms with Gasteiger partial charge in [-0.3, -0.25) is 0 Å². The monoisotopic (exact) mass is 178 g/mol. The van der Waals surface area contributed by atoms with Gasteiger partial charge < -0.3 is 0 Å². The SMILES string of the molecule is CC1CC(Sc2ccccc2)C1. The second kappa shape index (κ2) is 3.53. The molecule has 0 unspecified atom stereocenters. The minimum atomic E-state index is 0.891. The molecule has 0 aromatic heterocycles. The molecule has 0 heterocycles. The number of rotatable bonds is 2. The third kappa shape index (κ3) is 1.84. The predicted octanol–water partition coefficient (Wildman–Crippen LogP) is 3.58. The summed E-state index contributed by atoms with van der Waals surface area (Å²) in [4.78, 5) is 1.43. The number of benzene rings is 1. The van der Waals surface area contributed by atoms with E-state index >= 15 is 0 Å². The molecule has 1 aromatic rings. The van der Waals surface area contributed by atoms with Crippen molar-refractivity contribution >= 4 is 11.8 Å². The molecule has 0 bridgehead atoms. The molecule has 0 aliphatic heterocycles. The zero-order chi connectivity index (χ0) is 8.39. The lowest BCUT2D eigenvalue weighted by Crippen LogP contribution is -2.22. The minimum absolute atomic E-state index is 0.891. The Morgan fingerprint density at radius 1 is 1.17 bits per heavy atom. The molecule has 1 heteroatoms. The third-order valence-corrected chi connectivity index (χ3v) is 3.64. The van der Waals surface area contributed by atoms with E-state index < -0.39 is 0 Å². The van der Waals surface area contributed by atoms with Crippen molar-refractivity contribution < 1.29 is 0 Å². The zero-order valence-electron chi connectivity index (χ0n) is 7.36. The highest BCUT2D eigenvalue weighted by Crippen LogP contribution is 2.39. The molecule has 1 aromatic carbocycles. The Kier molecular flexibility index (Phi) is 2.40. The van der Waals surface area contributed by atoms with Gasteiger partial charge in [0, 0.05) is 10.1 Å². The van der Waals surface area contributed by atoms with Crippen LogP contribution in [0, 0.1) is 5.92 Å². The topological polar surface area (TPSA) is 0 Å². The van der Waals surface area contributed by atoms with Gasteiger partial charge in [-0.1, -0.05) is 25.1 Å². The van der Waals surface area contributed by atoms with Gasteiger partial charge in [0.1, 0.15) is 0 Å². The fourth-order valence-corrected chi connectivity index (χ4v) is 3.16. The van der Waals surface area contributed by atoms with Crippen LogP contribution in [0.15, 0.2) is 35.2 Å². The number of hydrogen-bond acceptors (Lipinski definition) is 1. The van der Waals surface area contributed by atoms with E-state index in [1.54, 1.807) is 0 Å². The van der Waals surface area contributed by atoms with Crippen LogP contribution in [-0.4, -0.2) is 5.25 Å². The van der Waals surface area contributed by atoms with Crippen molar-refractivity contribution in [2.24, 2.45) is 5.92 Å². The van der Waals surface area contributed by atoms with Crippen molar-refractivity contribution in [2.45, 2.75) is 29.9 Å². The molecule has 0 nitrogen and oxygen atoms in total. The van der Waals surface area contributed by atoms with Crippen molar-refractivity contribution in [3.63, 3.8) is 0 Å². The summed E-state index contributed by atoms with van der Waals surface area (Å²) in [5.41, 5.74) is 0. The summed E-state index contributed by atoms with van der Waals surface area (Å²) < 4.78 is 0. The van der Waals surface area contributed by atoms with Crippen LogP contribution in [0.5, 0.6) is 0 Å². The first kappa shape index (κ1) is 8.18. The van der Waals surface area contributed by atoms with Crippen LogP contribution in [0.3, 0.4) is 0 Å². The first-order chi connectivity index (χ1) is 5.84. The molecule has 1 aliphatic carbocycles. The molecule has 1 fully saturated rings. The van der Waals surface area contributed by atoms with E-state index in [4.69, 9.17) is 0 Å². The van der Waals surface area contributed by atoms with Crippen LogP contribution in [0.1, 0.15) is 19.8 Å². The summed E-state index contributed by atoms with van der Waals surface area (Å²) in [5, 5.41) is 0.891. The molecule has 2 rings (SSSR count). The molecule has 0 saturated heterocycles. The average Bonchev–Trinajstić information content (AvgIpc) is 2.04. The van der Waals surface area contributed by atoms with E-state index in [1.807, 2.05) is 11.8 Å². The summed E-state index contributed by atoms with van der Waals surface area (Å²) in [6, 6.07) is 10.7. The van der Waals surface area contributed by atoms with Gasteiger partial charge >= 0.3 is 0 Å². The first-order valence-electron chi connectivity index (χ1n) is 4.56. The molecule has 0 N–H and O–H groups in total. The smallest absolute Gasteiger partial charge is 0.00994 e. The molecule has 0 atom stereocenters. The fourth-order valence-electron chi connectivity index (χ4n) is 1.62. The molecule has 1 aliphatic rings. The molecule has 1 saturated carbocycles. The second-order valence-corrected chi connectivity index (χ2v) is 5.00. The highest BCUT2D eigenvalue weighted by Gasteiger charge is 2.25.